The van der Waals surface area contributed by atoms with Gasteiger partial charge in [0.1, 0.15) is 0 Å². The highest BCUT2D eigenvalue weighted by Gasteiger charge is 2.11. The van der Waals surface area contributed by atoms with E-state index in [9.17, 15) is 10.1 Å². The standard InChI is InChI=1S/C10H8N2O3.C10H10N2O/c1-7-4-8(10-5-11-6-15-10)2-3-9(7)12(13)14;1-7-4-8(2-3-9(7)11)10-5-12-6-13-10/h2-6H,1H3;2-6H,11H2,1H3. The van der Waals surface area contributed by atoms with E-state index in [2.05, 4.69) is 9.97 Å². The van der Waals surface area contributed by atoms with Crippen LogP contribution in [0.2, 0.25) is 0 Å². The molecule has 0 atom stereocenters. The van der Waals surface area contributed by atoms with E-state index in [1.807, 2.05) is 25.1 Å². The predicted octanol–water partition coefficient (Wildman–Crippen LogP) is 4.79. The molecule has 0 fully saturated rings. The fraction of sp³-hybridized carbons (Fsp3) is 0.100. The molecule has 2 aromatic carbocycles. The summed E-state index contributed by atoms with van der Waals surface area (Å²) in [7, 11) is 0. The number of nitro benzene ring substituents is 1. The number of nitrogens with two attached hydrogens (primary N) is 1. The number of hydrogen-bond donors (Lipinski definition) is 1. The maximum absolute atomic E-state index is 10.6. The number of nitrogen functional groups attached to an aromatic ring is 1. The monoisotopic (exact) mass is 378 g/mol. The Morgan fingerprint density at radius 3 is 1.86 bits per heavy atom. The lowest BCUT2D eigenvalue weighted by molar-refractivity contribution is -0.385. The van der Waals surface area contributed by atoms with Gasteiger partial charge in [-0.05, 0) is 49.7 Å². The normalized spacial score (nSPS) is 10.2. The molecule has 0 spiro atoms. The van der Waals surface area contributed by atoms with Crippen LogP contribution in [-0.4, -0.2) is 14.9 Å². The molecule has 8 heteroatoms. The highest BCUT2D eigenvalue weighted by Crippen LogP contribution is 2.25. The first-order chi connectivity index (χ1) is 13.5. The Balaban J connectivity index is 0.000000162. The number of rotatable bonds is 3. The summed E-state index contributed by atoms with van der Waals surface area (Å²) in [4.78, 5) is 17.8. The maximum Gasteiger partial charge on any atom is 0.272 e. The molecule has 28 heavy (non-hydrogen) atoms. The smallest absolute Gasteiger partial charge is 0.272 e. The van der Waals surface area contributed by atoms with Crippen LogP contribution in [0.15, 0.2) is 70.4 Å². The number of benzene rings is 2. The average molecular weight is 378 g/mol. The molecule has 0 saturated heterocycles. The van der Waals surface area contributed by atoms with E-state index in [0.717, 1.165) is 28.1 Å². The second kappa shape index (κ2) is 8.17. The van der Waals surface area contributed by atoms with E-state index in [4.69, 9.17) is 14.6 Å². The van der Waals surface area contributed by atoms with Gasteiger partial charge < -0.3 is 14.6 Å². The van der Waals surface area contributed by atoms with Gasteiger partial charge in [0.15, 0.2) is 24.3 Å². The van der Waals surface area contributed by atoms with Gasteiger partial charge in [-0.3, -0.25) is 10.1 Å². The van der Waals surface area contributed by atoms with Crippen molar-refractivity contribution in [2.24, 2.45) is 0 Å². The molecule has 2 N–H and O–H groups in total. The summed E-state index contributed by atoms with van der Waals surface area (Å²) in [6, 6.07) is 10.6. The Morgan fingerprint density at radius 1 is 0.893 bits per heavy atom. The largest absolute Gasteiger partial charge is 0.444 e. The maximum atomic E-state index is 10.6. The first-order valence-corrected chi connectivity index (χ1v) is 8.34. The van der Waals surface area contributed by atoms with E-state index < -0.39 is 4.92 Å². The molecule has 4 aromatic rings. The number of nitrogens with zero attached hydrogens (tertiary/aromatic N) is 3. The van der Waals surface area contributed by atoms with Crippen molar-refractivity contribution < 1.29 is 13.8 Å². The van der Waals surface area contributed by atoms with Crippen molar-refractivity contribution in [3.63, 3.8) is 0 Å². The molecule has 142 valence electrons. The minimum atomic E-state index is -0.403. The second-order valence-electron chi connectivity index (χ2n) is 6.06. The quantitative estimate of drug-likeness (QED) is 0.309. The van der Waals surface area contributed by atoms with Crippen LogP contribution in [0, 0.1) is 24.0 Å². The molecule has 0 radical (unpaired) electrons. The van der Waals surface area contributed by atoms with Gasteiger partial charge in [-0.2, -0.15) is 0 Å². The zero-order valence-corrected chi connectivity index (χ0v) is 15.3. The Kier molecular flexibility index (Phi) is 5.50. The minimum Gasteiger partial charge on any atom is -0.444 e. The Bertz CT molecular complexity index is 1070. The molecule has 2 aromatic heterocycles. The number of hydrogen-bond acceptors (Lipinski definition) is 7. The molecule has 0 aliphatic rings. The number of anilines is 1. The molecular formula is C20H18N4O4. The highest BCUT2D eigenvalue weighted by atomic mass is 16.6. The number of oxazole rings is 2. The van der Waals surface area contributed by atoms with Crippen LogP contribution in [0.5, 0.6) is 0 Å². The zero-order valence-electron chi connectivity index (χ0n) is 15.3. The summed E-state index contributed by atoms with van der Waals surface area (Å²) < 4.78 is 10.3. The van der Waals surface area contributed by atoms with Gasteiger partial charge >= 0.3 is 0 Å². The summed E-state index contributed by atoms with van der Waals surface area (Å²) in [6.45, 7) is 3.66. The predicted molar refractivity (Wildman–Crippen MR) is 104 cm³/mol. The van der Waals surface area contributed by atoms with Crippen LogP contribution in [0.4, 0.5) is 11.4 Å². The van der Waals surface area contributed by atoms with Crippen LogP contribution < -0.4 is 5.73 Å². The molecule has 0 amide bonds. The fourth-order valence-corrected chi connectivity index (χ4v) is 2.56. The number of aromatic nitrogens is 2. The third kappa shape index (κ3) is 4.24. The molecule has 2 heterocycles. The van der Waals surface area contributed by atoms with Crippen LogP contribution in [0.1, 0.15) is 11.1 Å². The van der Waals surface area contributed by atoms with Crippen molar-refractivity contribution in [3.05, 3.63) is 82.8 Å². The minimum absolute atomic E-state index is 0.110. The van der Waals surface area contributed by atoms with E-state index in [0.29, 0.717) is 11.3 Å². The van der Waals surface area contributed by atoms with Crippen LogP contribution in [-0.2, 0) is 0 Å². The van der Waals surface area contributed by atoms with Gasteiger partial charge in [-0.25, -0.2) is 9.97 Å². The van der Waals surface area contributed by atoms with Gasteiger partial charge in [-0.15, -0.1) is 0 Å². The first-order valence-electron chi connectivity index (χ1n) is 8.34. The molecule has 0 aliphatic carbocycles. The number of nitro groups is 1. The third-order valence-corrected chi connectivity index (χ3v) is 4.10. The van der Waals surface area contributed by atoms with Gasteiger partial charge in [0.05, 0.1) is 17.3 Å². The molecule has 8 nitrogen and oxygen atoms in total. The fourth-order valence-electron chi connectivity index (χ4n) is 2.56. The van der Waals surface area contributed by atoms with Crippen molar-refractivity contribution in [1.29, 1.82) is 0 Å². The summed E-state index contributed by atoms with van der Waals surface area (Å²) in [5.41, 5.74) is 10.0. The van der Waals surface area contributed by atoms with Crippen LogP contribution in [0.3, 0.4) is 0 Å². The molecule has 0 bridgehead atoms. The topological polar surface area (TPSA) is 121 Å². The van der Waals surface area contributed by atoms with E-state index in [-0.39, 0.29) is 5.69 Å². The average Bonchev–Trinajstić information content (AvgIpc) is 3.38. The number of aryl methyl sites for hydroxylation is 2. The molecule has 0 saturated carbocycles. The molecule has 0 aliphatic heterocycles. The van der Waals surface area contributed by atoms with E-state index in [1.165, 1.54) is 18.9 Å². The summed E-state index contributed by atoms with van der Waals surface area (Å²) in [5, 5.41) is 10.6. The van der Waals surface area contributed by atoms with E-state index in [1.54, 1.807) is 31.5 Å². The SMILES string of the molecule is Cc1cc(-c2cnco2)ccc1N.Cc1cc(-c2cnco2)ccc1[N+](=O)[O-]. The summed E-state index contributed by atoms with van der Waals surface area (Å²) >= 11 is 0. The van der Waals surface area contributed by atoms with Gasteiger partial charge in [0.2, 0.25) is 0 Å². The van der Waals surface area contributed by atoms with Crippen molar-refractivity contribution in [2.75, 3.05) is 5.73 Å². The summed E-state index contributed by atoms with van der Waals surface area (Å²) in [5.74, 6) is 1.37. The zero-order chi connectivity index (χ0) is 20.1. The van der Waals surface area contributed by atoms with Crippen LogP contribution >= 0.6 is 0 Å². The Labute approximate surface area is 160 Å². The first kappa shape index (κ1) is 18.8. The van der Waals surface area contributed by atoms with E-state index >= 15 is 0 Å². The van der Waals surface area contributed by atoms with Gasteiger partial charge in [-0.1, -0.05) is 0 Å². The molecule has 0 unspecified atom stereocenters. The van der Waals surface area contributed by atoms with Crippen molar-refractivity contribution in [1.82, 2.24) is 9.97 Å². The Morgan fingerprint density at radius 2 is 1.43 bits per heavy atom. The lowest BCUT2D eigenvalue weighted by Crippen LogP contribution is -1.91. The van der Waals surface area contributed by atoms with Crippen molar-refractivity contribution in [3.8, 4) is 22.6 Å². The lowest BCUT2D eigenvalue weighted by Gasteiger charge is -2.01. The highest BCUT2D eigenvalue weighted by molar-refractivity contribution is 5.63. The second-order valence-corrected chi connectivity index (χ2v) is 6.06. The molecular weight excluding hydrogens is 360 g/mol. The third-order valence-electron chi connectivity index (χ3n) is 4.10. The Hall–Kier alpha value is -3.94. The van der Waals surface area contributed by atoms with Crippen molar-refractivity contribution in [2.45, 2.75) is 13.8 Å². The van der Waals surface area contributed by atoms with Crippen LogP contribution in [0.25, 0.3) is 22.6 Å². The van der Waals surface area contributed by atoms with Crippen molar-refractivity contribution >= 4 is 11.4 Å². The van der Waals surface area contributed by atoms with Gasteiger partial charge in [0, 0.05) is 28.4 Å². The molecule has 4 rings (SSSR count). The lowest BCUT2D eigenvalue weighted by atomic mass is 10.1. The summed E-state index contributed by atoms with van der Waals surface area (Å²) in [6.07, 6.45) is 6.00. The van der Waals surface area contributed by atoms with Gasteiger partial charge in [0.25, 0.3) is 5.69 Å².